The first-order chi connectivity index (χ1) is 14.7. The molecule has 0 saturated carbocycles. The molecule has 3 aromatic rings. The normalized spacial score (nSPS) is 11.6. The van der Waals surface area contributed by atoms with Crippen molar-refractivity contribution in [3.05, 3.63) is 95.4 Å². The Morgan fingerprint density at radius 3 is 2.39 bits per heavy atom. The minimum Gasteiger partial charge on any atom is -0.513 e. The summed E-state index contributed by atoms with van der Waals surface area (Å²) < 4.78 is 13.0. The first-order valence-corrected chi connectivity index (χ1v) is 9.81. The van der Waals surface area contributed by atoms with Crippen molar-refractivity contribution < 1.29 is 14.3 Å². The molecule has 0 saturated heterocycles. The maximum Gasteiger partial charge on any atom is 0.255 e. The first-order valence-electron chi connectivity index (χ1n) is 9.81. The van der Waals surface area contributed by atoms with E-state index in [1.807, 2.05) is 50.2 Å². The number of carbonyl (C=O) groups excluding carboxylic acids is 1. The lowest BCUT2D eigenvalue weighted by atomic mass is 9.99. The van der Waals surface area contributed by atoms with Crippen LogP contribution in [0.1, 0.15) is 40.2 Å². The summed E-state index contributed by atoms with van der Waals surface area (Å²) in [6.07, 6.45) is 2.01. The smallest absolute Gasteiger partial charge is 0.255 e. The van der Waals surface area contributed by atoms with Crippen molar-refractivity contribution in [1.82, 2.24) is 9.97 Å². The Balaban J connectivity index is 1.76. The Kier molecular flexibility index (Phi) is 6.65. The average Bonchev–Trinajstić information content (AvgIpc) is 2.74. The van der Waals surface area contributed by atoms with Crippen LogP contribution in [-0.2, 0) is 6.42 Å². The van der Waals surface area contributed by atoms with Crippen molar-refractivity contribution in [3.63, 3.8) is 0 Å². The summed E-state index contributed by atoms with van der Waals surface area (Å²) in [4.78, 5) is 23.3. The van der Waals surface area contributed by atoms with Crippen LogP contribution < -0.4 is 10.2 Å². The highest BCUT2D eigenvalue weighted by molar-refractivity contribution is 6.04. The van der Waals surface area contributed by atoms with Gasteiger partial charge in [-0.05, 0) is 42.0 Å². The number of halogens is 1. The largest absolute Gasteiger partial charge is 0.513 e. The van der Waals surface area contributed by atoms with E-state index in [2.05, 4.69) is 21.9 Å². The van der Waals surface area contributed by atoms with Crippen LogP contribution in [0.5, 0.6) is 0 Å². The molecular weight excluding hydrogens is 395 g/mol. The molecule has 6 nitrogen and oxygen atoms in total. The molecule has 7 heteroatoms. The molecule has 31 heavy (non-hydrogen) atoms. The van der Waals surface area contributed by atoms with Crippen LogP contribution in [-0.4, -0.2) is 35.1 Å². The van der Waals surface area contributed by atoms with Crippen LogP contribution in [0.25, 0.3) is 0 Å². The number of carbonyl (C=O) groups is 1. The van der Waals surface area contributed by atoms with Crippen molar-refractivity contribution in [2.75, 3.05) is 24.3 Å². The number of aliphatic hydroxyl groups is 1. The van der Waals surface area contributed by atoms with Gasteiger partial charge in [-0.1, -0.05) is 25.6 Å². The number of anilines is 2. The van der Waals surface area contributed by atoms with Crippen molar-refractivity contribution in [1.29, 1.82) is 0 Å². The molecule has 0 fully saturated rings. The predicted molar refractivity (Wildman–Crippen MR) is 120 cm³/mol. The fourth-order valence-corrected chi connectivity index (χ4v) is 3.16. The van der Waals surface area contributed by atoms with Gasteiger partial charge in [-0.3, -0.25) is 4.79 Å². The van der Waals surface area contributed by atoms with Crippen molar-refractivity contribution >= 4 is 17.4 Å². The molecule has 1 heterocycles. The molecule has 0 aliphatic rings. The lowest BCUT2D eigenvalue weighted by Gasteiger charge is -2.19. The molecule has 2 N–H and O–H groups in total. The van der Waals surface area contributed by atoms with E-state index in [1.165, 1.54) is 24.3 Å². The number of aliphatic hydroxyl groups excluding tert-OH is 1. The number of benzene rings is 2. The summed E-state index contributed by atoms with van der Waals surface area (Å²) in [6, 6.07) is 12.8. The molecule has 1 atom stereocenters. The molecule has 3 rings (SSSR count). The molecule has 2 aromatic carbocycles. The van der Waals surface area contributed by atoms with Gasteiger partial charge < -0.3 is 15.3 Å². The second kappa shape index (κ2) is 9.38. The third-order valence-electron chi connectivity index (χ3n) is 4.84. The van der Waals surface area contributed by atoms with E-state index in [-0.39, 0.29) is 23.4 Å². The van der Waals surface area contributed by atoms with Gasteiger partial charge in [0.25, 0.3) is 5.91 Å². The van der Waals surface area contributed by atoms with Gasteiger partial charge in [-0.2, -0.15) is 0 Å². The van der Waals surface area contributed by atoms with E-state index < -0.39 is 0 Å². The minimum absolute atomic E-state index is 0.0609. The zero-order chi connectivity index (χ0) is 22.5. The molecule has 0 aliphatic carbocycles. The molecule has 1 aromatic heterocycles. The highest BCUT2D eigenvalue weighted by Crippen LogP contribution is 2.26. The highest BCUT2D eigenvalue weighted by Gasteiger charge is 2.16. The maximum absolute atomic E-state index is 13.0. The van der Waals surface area contributed by atoms with Crippen LogP contribution in [0, 0.1) is 5.82 Å². The second-order valence-corrected chi connectivity index (χ2v) is 7.52. The van der Waals surface area contributed by atoms with Crippen LogP contribution >= 0.6 is 0 Å². The van der Waals surface area contributed by atoms with E-state index in [0.29, 0.717) is 23.5 Å². The quantitative estimate of drug-likeness (QED) is 0.542. The van der Waals surface area contributed by atoms with Gasteiger partial charge in [-0.25, -0.2) is 14.4 Å². The Morgan fingerprint density at radius 2 is 1.81 bits per heavy atom. The van der Waals surface area contributed by atoms with Gasteiger partial charge in [0.05, 0.1) is 5.76 Å². The Hall–Kier alpha value is -3.74. The monoisotopic (exact) mass is 420 g/mol. The standard InChI is InChI=1S/C24H25FN4O2/c1-15(30)13-19-14-26-22(28-23(19)29(3)4)16(2)17-7-11-21(12-8-17)27-24(31)18-5-9-20(25)10-6-18/h5-12,14,16,30H,1,13H2,2-4H3,(H,27,31). The summed E-state index contributed by atoms with van der Waals surface area (Å²) in [5, 5.41) is 12.3. The second-order valence-electron chi connectivity index (χ2n) is 7.52. The van der Waals surface area contributed by atoms with Crippen LogP contribution in [0.4, 0.5) is 15.9 Å². The van der Waals surface area contributed by atoms with E-state index in [0.717, 1.165) is 16.9 Å². The van der Waals surface area contributed by atoms with Crippen LogP contribution in [0.15, 0.2) is 67.1 Å². The summed E-state index contributed by atoms with van der Waals surface area (Å²) in [7, 11) is 3.78. The van der Waals surface area contributed by atoms with Gasteiger partial charge in [0, 0.05) is 49.4 Å². The van der Waals surface area contributed by atoms with Crippen molar-refractivity contribution in [3.8, 4) is 0 Å². The molecule has 1 unspecified atom stereocenters. The van der Waals surface area contributed by atoms with E-state index in [1.54, 1.807) is 6.20 Å². The molecule has 0 radical (unpaired) electrons. The summed E-state index contributed by atoms with van der Waals surface area (Å²) in [5.41, 5.74) is 2.81. The summed E-state index contributed by atoms with van der Waals surface area (Å²) in [5.74, 6) is 0.678. The Labute approximate surface area is 181 Å². The highest BCUT2D eigenvalue weighted by atomic mass is 19.1. The molecule has 160 valence electrons. The molecule has 1 amide bonds. The number of hydrogen-bond acceptors (Lipinski definition) is 5. The van der Waals surface area contributed by atoms with E-state index in [4.69, 9.17) is 0 Å². The maximum atomic E-state index is 13.0. The molecule has 0 bridgehead atoms. The first kappa shape index (κ1) is 22.0. The van der Waals surface area contributed by atoms with Crippen molar-refractivity contribution in [2.24, 2.45) is 0 Å². The van der Waals surface area contributed by atoms with Gasteiger partial charge >= 0.3 is 0 Å². The number of aromatic nitrogens is 2. The number of rotatable bonds is 7. The lowest BCUT2D eigenvalue weighted by molar-refractivity contribution is 0.102. The number of hydrogen-bond donors (Lipinski definition) is 2. The number of amides is 1. The summed E-state index contributed by atoms with van der Waals surface area (Å²) in [6.45, 7) is 5.55. The predicted octanol–water partition coefficient (Wildman–Crippen LogP) is 4.70. The zero-order valence-corrected chi connectivity index (χ0v) is 17.8. The third-order valence-corrected chi connectivity index (χ3v) is 4.84. The van der Waals surface area contributed by atoms with Crippen molar-refractivity contribution in [2.45, 2.75) is 19.3 Å². The van der Waals surface area contributed by atoms with E-state index >= 15 is 0 Å². The fraction of sp³-hybridized carbons (Fsp3) is 0.208. The van der Waals surface area contributed by atoms with Gasteiger partial charge in [0.2, 0.25) is 0 Å². The SMILES string of the molecule is C=C(O)Cc1cnc(C(C)c2ccc(NC(=O)c3ccc(F)cc3)cc2)nc1N(C)C. The Bertz CT molecular complexity index is 1080. The van der Waals surface area contributed by atoms with Gasteiger partial charge in [0.15, 0.2) is 0 Å². The Morgan fingerprint density at radius 1 is 1.16 bits per heavy atom. The lowest BCUT2D eigenvalue weighted by Crippen LogP contribution is -2.16. The molecule has 0 aliphatic heterocycles. The topological polar surface area (TPSA) is 78.4 Å². The zero-order valence-electron chi connectivity index (χ0n) is 17.8. The average molecular weight is 420 g/mol. The number of allylic oxidation sites excluding steroid dienone is 1. The number of nitrogens with one attached hydrogen (secondary N) is 1. The molecular formula is C24H25FN4O2. The van der Waals surface area contributed by atoms with Crippen LogP contribution in [0.3, 0.4) is 0 Å². The van der Waals surface area contributed by atoms with Gasteiger partial charge in [0.1, 0.15) is 17.5 Å². The van der Waals surface area contributed by atoms with Gasteiger partial charge in [-0.15, -0.1) is 0 Å². The van der Waals surface area contributed by atoms with E-state index in [9.17, 15) is 14.3 Å². The number of nitrogens with zero attached hydrogens (tertiary/aromatic N) is 3. The fourth-order valence-electron chi connectivity index (χ4n) is 3.16. The third kappa shape index (κ3) is 5.45. The molecule has 0 spiro atoms. The van der Waals surface area contributed by atoms with Crippen LogP contribution in [0.2, 0.25) is 0 Å². The minimum atomic E-state index is -0.385. The summed E-state index contributed by atoms with van der Waals surface area (Å²) >= 11 is 0.